The van der Waals surface area contributed by atoms with Crippen molar-refractivity contribution in [2.24, 2.45) is 5.92 Å². The van der Waals surface area contributed by atoms with Crippen LogP contribution in [-0.2, 0) is 16.8 Å². The molecular weight excluding hydrogens is 382 g/mol. The van der Waals surface area contributed by atoms with Crippen molar-refractivity contribution >= 4 is 10.9 Å². The first kappa shape index (κ1) is 19.7. The minimum absolute atomic E-state index is 0.193. The third kappa shape index (κ3) is 3.25. The van der Waals surface area contributed by atoms with Crippen LogP contribution < -0.4 is 0 Å². The molecule has 2 aliphatic rings. The van der Waals surface area contributed by atoms with Crippen LogP contribution in [0.3, 0.4) is 0 Å². The van der Waals surface area contributed by atoms with Crippen LogP contribution in [0.5, 0.6) is 0 Å². The molecule has 1 saturated carbocycles. The Kier molecular flexibility index (Phi) is 4.91. The monoisotopic (exact) mass is 410 g/mol. The summed E-state index contributed by atoms with van der Waals surface area (Å²) in [6.07, 6.45) is 4.75. The van der Waals surface area contributed by atoms with Gasteiger partial charge in [-0.3, -0.25) is 0 Å². The van der Waals surface area contributed by atoms with Gasteiger partial charge in [0.15, 0.2) is 0 Å². The van der Waals surface area contributed by atoms with Crippen molar-refractivity contribution in [2.45, 2.75) is 43.7 Å². The minimum atomic E-state index is -0.306. The van der Waals surface area contributed by atoms with E-state index in [1.54, 1.807) is 18.2 Å². The molecule has 1 aromatic heterocycles. The quantitative estimate of drug-likeness (QED) is 0.599. The number of rotatable bonds is 3. The van der Waals surface area contributed by atoms with Gasteiger partial charge in [0, 0.05) is 16.9 Å². The van der Waals surface area contributed by atoms with E-state index in [2.05, 4.69) is 24.0 Å². The van der Waals surface area contributed by atoms with Crippen molar-refractivity contribution in [3.63, 3.8) is 0 Å². The average molecular weight is 411 g/mol. The fraction of sp³-hybridized carbons (Fsp3) is 0.440. The molecule has 3 nitrogen and oxygen atoms in total. The first-order valence-corrected chi connectivity index (χ1v) is 10.8. The molecule has 1 atom stereocenters. The molecule has 1 aliphatic heterocycles. The van der Waals surface area contributed by atoms with Crippen LogP contribution in [0.1, 0.15) is 48.5 Å². The third-order valence-corrected chi connectivity index (χ3v) is 7.11. The molecule has 1 unspecified atom stereocenters. The Hall–Kier alpha value is -2.24. The maximum absolute atomic E-state index is 13.8. The number of halogens is 2. The minimum Gasteiger partial charge on any atom is -0.368 e. The van der Waals surface area contributed by atoms with E-state index < -0.39 is 0 Å². The van der Waals surface area contributed by atoms with Gasteiger partial charge in [-0.2, -0.15) is 0 Å². The average Bonchev–Trinajstić information content (AvgIpc) is 3.11. The van der Waals surface area contributed by atoms with Gasteiger partial charge < -0.3 is 14.6 Å². The molecule has 1 aliphatic carbocycles. The lowest BCUT2D eigenvalue weighted by Crippen LogP contribution is -2.41. The molecule has 5 rings (SSSR count). The first-order chi connectivity index (χ1) is 14.5. The van der Waals surface area contributed by atoms with Gasteiger partial charge in [0.25, 0.3) is 0 Å². The highest BCUT2D eigenvalue weighted by Gasteiger charge is 2.44. The van der Waals surface area contributed by atoms with Crippen LogP contribution in [0.4, 0.5) is 8.78 Å². The lowest BCUT2D eigenvalue weighted by molar-refractivity contribution is -0.0997. The van der Waals surface area contributed by atoms with E-state index in [0.717, 1.165) is 54.3 Å². The van der Waals surface area contributed by atoms with E-state index in [1.165, 1.54) is 11.6 Å². The van der Waals surface area contributed by atoms with Gasteiger partial charge in [0.05, 0.1) is 12.3 Å². The summed E-state index contributed by atoms with van der Waals surface area (Å²) in [6.45, 7) is 0.677. The van der Waals surface area contributed by atoms with Gasteiger partial charge in [-0.15, -0.1) is 0 Å². The van der Waals surface area contributed by atoms with Crippen molar-refractivity contribution in [3.8, 4) is 0 Å². The van der Waals surface area contributed by atoms with Gasteiger partial charge in [-0.1, -0.05) is 12.1 Å². The van der Waals surface area contributed by atoms with E-state index in [-0.39, 0.29) is 23.3 Å². The van der Waals surface area contributed by atoms with Crippen LogP contribution in [0, 0.1) is 17.6 Å². The Balaban J connectivity index is 1.43. The van der Waals surface area contributed by atoms with E-state index in [0.29, 0.717) is 12.5 Å². The molecule has 2 aromatic carbocycles. The van der Waals surface area contributed by atoms with Gasteiger partial charge in [0.2, 0.25) is 0 Å². The fourth-order valence-corrected chi connectivity index (χ4v) is 5.76. The molecule has 5 heteroatoms. The number of nitrogens with one attached hydrogen (secondary N) is 1. The summed E-state index contributed by atoms with van der Waals surface area (Å²) in [4.78, 5) is 5.81. The number of ether oxygens (including phenoxy) is 1. The van der Waals surface area contributed by atoms with Gasteiger partial charge >= 0.3 is 0 Å². The molecule has 3 aromatic rings. The van der Waals surface area contributed by atoms with Crippen LogP contribution in [0.25, 0.3) is 10.9 Å². The van der Waals surface area contributed by atoms with Crippen LogP contribution >= 0.6 is 0 Å². The lowest BCUT2D eigenvalue weighted by atomic mass is 9.71. The predicted molar refractivity (Wildman–Crippen MR) is 114 cm³/mol. The SMILES string of the molecule is CN(C)C(c1ccc(F)cc1)C1CCC2(CC1)OCCc1c2[nH]c2ccc(F)cc12. The van der Waals surface area contributed by atoms with Crippen LogP contribution in [0.15, 0.2) is 42.5 Å². The molecular formula is C25H28F2N2O. The molecule has 0 saturated heterocycles. The Morgan fingerprint density at radius 2 is 1.73 bits per heavy atom. The smallest absolute Gasteiger partial charge is 0.123 e. The number of hydrogen-bond acceptors (Lipinski definition) is 2. The summed E-state index contributed by atoms with van der Waals surface area (Å²) in [6, 6.07) is 12.2. The highest BCUT2D eigenvalue weighted by molar-refractivity contribution is 5.85. The zero-order valence-corrected chi connectivity index (χ0v) is 17.6. The van der Waals surface area contributed by atoms with E-state index in [4.69, 9.17) is 4.74 Å². The summed E-state index contributed by atoms with van der Waals surface area (Å²) >= 11 is 0. The van der Waals surface area contributed by atoms with Gasteiger partial charge in [-0.05, 0) is 93.6 Å². The fourth-order valence-electron chi connectivity index (χ4n) is 5.76. The number of benzene rings is 2. The Bertz CT molecular complexity index is 1050. The summed E-state index contributed by atoms with van der Waals surface area (Å²) in [7, 11) is 4.19. The van der Waals surface area contributed by atoms with Crippen molar-refractivity contribution in [2.75, 3.05) is 20.7 Å². The normalized spacial score (nSPS) is 25.0. The predicted octanol–water partition coefficient (Wildman–Crippen LogP) is 5.71. The molecule has 1 spiro atoms. The van der Waals surface area contributed by atoms with Crippen molar-refractivity contribution in [3.05, 3.63) is 70.9 Å². The largest absolute Gasteiger partial charge is 0.368 e. The molecule has 30 heavy (non-hydrogen) atoms. The van der Waals surface area contributed by atoms with Crippen LogP contribution in [-0.4, -0.2) is 30.6 Å². The second-order valence-electron chi connectivity index (χ2n) is 9.06. The van der Waals surface area contributed by atoms with E-state index >= 15 is 0 Å². The Labute approximate surface area is 176 Å². The summed E-state index contributed by atoms with van der Waals surface area (Å²) in [5.74, 6) is 0.0887. The third-order valence-electron chi connectivity index (χ3n) is 7.11. The zero-order chi connectivity index (χ0) is 20.9. The molecule has 158 valence electrons. The maximum Gasteiger partial charge on any atom is 0.123 e. The number of nitrogens with zero attached hydrogens (tertiary/aromatic N) is 1. The lowest BCUT2D eigenvalue weighted by Gasteiger charge is -2.45. The van der Waals surface area contributed by atoms with E-state index in [1.807, 2.05) is 18.2 Å². The van der Waals surface area contributed by atoms with Crippen LogP contribution in [0.2, 0.25) is 0 Å². The molecule has 0 amide bonds. The van der Waals surface area contributed by atoms with Crippen molar-refractivity contribution in [1.82, 2.24) is 9.88 Å². The molecule has 1 N–H and O–H groups in total. The number of H-pyrrole nitrogens is 1. The molecule has 0 bridgehead atoms. The number of hydrogen-bond donors (Lipinski definition) is 1. The number of aromatic nitrogens is 1. The Morgan fingerprint density at radius 3 is 2.43 bits per heavy atom. The van der Waals surface area contributed by atoms with Crippen molar-refractivity contribution in [1.29, 1.82) is 0 Å². The Morgan fingerprint density at radius 1 is 1.03 bits per heavy atom. The topological polar surface area (TPSA) is 28.3 Å². The summed E-state index contributed by atoms with van der Waals surface area (Å²) in [5.41, 5.74) is 4.21. The molecule has 2 heterocycles. The second kappa shape index (κ2) is 7.47. The summed E-state index contributed by atoms with van der Waals surface area (Å²) in [5, 5.41) is 0.993. The number of aromatic amines is 1. The molecule has 1 fully saturated rings. The van der Waals surface area contributed by atoms with Gasteiger partial charge in [0.1, 0.15) is 17.2 Å². The van der Waals surface area contributed by atoms with Gasteiger partial charge in [-0.25, -0.2) is 8.78 Å². The van der Waals surface area contributed by atoms with Crippen molar-refractivity contribution < 1.29 is 13.5 Å². The second-order valence-corrected chi connectivity index (χ2v) is 9.06. The molecule has 0 radical (unpaired) electrons. The maximum atomic E-state index is 13.8. The summed E-state index contributed by atoms with van der Waals surface area (Å²) < 4.78 is 33.7. The standard InChI is InChI=1S/C25H28F2N2O/c1-29(2)23(16-3-5-18(26)6-4-16)17-9-12-25(13-10-17)24-20(11-14-30-25)21-15-19(27)7-8-22(21)28-24/h3-8,15,17,23,28H,9-14H2,1-2H3. The highest BCUT2D eigenvalue weighted by Crippen LogP contribution is 2.50. The number of fused-ring (bicyclic) bond motifs is 4. The highest BCUT2D eigenvalue weighted by atomic mass is 19.1. The zero-order valence-electron chi connectivity index (χ0n) is 17.6. The first-order valence-electron chi connectivity index (χ1n) is 10.8. The van der Waals surface area contributed by atoms with E-state index in [9.17, 15) is 8.78 Å².